The highest BCUT2D eigenvalue weighted by molar-refractivity contribution is 9.10. The van der Waals surface area contributed by atoms with Gasteiger partial charge >= 0.3 is 0 Å². The predicted molar refractivity (Wildman–Crippen MR) is 82.3 cm³/mol. The van der Waals surface area contributed by atoms with Gasteiger partial charge in [0, 0.05) is 30.9 Å². The number of nitrogens with zero attached hydrogens (tertiary/aromatic N) is 1. The fraction of sp³-hybridized carbons (Fsp3) is 0.600. The normalized spacial score (nSPS) is 20.1. The number of nitrogens with one attached hydrogen (secondary N) is 1. The van der Waals surface area contributed by atoms with Crippen molar-refractivity contribution in [2.24, 2.45) is 0 Å². The summed E-state index contributed by atoms with van der Waals surface area (Å²) in [7, 11) is 0. The molecule has 0 aliphatic carbocycles. The monoisotopic (exact) mass is 328 g/mol. The molecule has 2 rings (SSSR count). The maximum atomic E-state index is 13.7. The number of rotatable bonds is 3. The Hall–Kier alpha value is -0.610. The Morgan fingerprint density at radius 3 is 2.84 bits per heavy atom. The van der Waals surface area contributed by atoms with Gasteiger partial charge in [-0.2, -0.15) is 0 Å². The van der Waals surface area contributed by atoms with E-state index in [1.807, 2.05) is 13.0 Å². The van der Waals surface area contributed by atoms with Gasteiger partial charge in [-0.3, -0.25) is 0 Å². The minimum atomic E-state index is -0.181. The van der Waals surface area contributed by atoms with Crippen molar-refractivity contribution in [1.82, 2.24) is 5.32 Å². The summed E-state index contributed by atoms with van der Waals surface area (Å²) in [5.74, 6) is -0.181. The van der Waals surface area contributed by atoms with Crippen molar-refractivity contribution in [2.45, 2.75) is 45.7 Å². The van der Waals surface area contributed by atoms with E-state index in [0.717, 1.165) is 30.8 Å². The first-order valence-corrected chi connectivity index (χ1v) is 7.73. The Labute approximate surface area is 123 Å². The van der Waals surface area contributed by atoms with E-state index >= 15 is 0 Å². The molecule has 1 atom stereocenters. The number of aryl methyl sites for hydroxylation is 1. The van der Waals surface area contributed by atoms with Crippen LogP contribution in [0.4, 0.5) is 10.1 Å². The van der Waals surface area contributed by atoms with E-state index in [1.54, 1.807) is 6.07 Å². The van der Waals surface area contributed by atoms with Crippen molar-refractivity contribution in [3.05, 3.63) is 28.0 Å². The largest absolute Gasteiger partial charge is 0.370 e. The van der Waals surface area contributed by atoms with Gasteiger partial charge in [0.2, 0.25) is 0 Å². The van der Waals surface area contributed by atoms with Crippen LogP contribution >= 0.6 is 15.9 Å². The lowest BCUT2D eigenvalue weighted by atomic mass is 10.0. The number of anilines is 1. The van der Waals surface area contributed by atoms with Crippen LogP contribution in [-0.4, -0.2) is 25.2 Å². The minimum absolute atomic E-state index is 0.181. The second-order valence-corrected chi connectivity index (χ2v) is 6.51. The molecule has 0 bridgehead atoms. The molecule has 1 aromatic rings. The molecule has 0 amide bonds. The standard InChI is InChI=1S/C15H22BrFN2/c1-10(2)18-12-5-4-6-19(9-12)15-8-14(17)13(16)7-11(15)3/h7-8,10,12,18H,4-6,9H2,1-3H3. The Morgan fingerprint density at radius 2 is 2.16 bits per heavy atom. The molecule has 1 N–H and O–H groups in total. The van der Waals surface area contributed by atoms with Crippen molar-refractivity contribution in [3.63, 3.8) is 0 Å². The molecule has 1 saturated heterocycles. The molecule has 0 saturated carbocycles. The van der Waals surface area contributed by atoms with E-state index in [-0.39, 0.29) is 5.82 Å². The van der Waals surface area contributed by atoms with Crippen LogP contribution < -0.4 is 10.2 Å². The summed E-state index contributed by atoms with van der Waals surface area (Å²) in [6.45, 7) is 8.35. The Balaban J connectivity index is 2.15. The molecule has 1 aliphatic heterocycles. The van der Waals surface area contributed by atoms with Crippen LogP contribution in [0.15, 0.2) is 16.6 Å². The number of halogens is 2. The average molecular weight is 329 g/mol. The van der Waals surface area contributed by atoms with Crippen LogP contribution in [0.1, 0.15) is 32.3 Å². The number of benzene rings is 1. The average Bonchev–Trinajstić information content (AvgIpc) is 2.33. The maximum absolute atomic E-state index is 13.7. The first kappa shape index (κ1) is 14.8. The molecule has 19 heavy (non-hydrogen) atoms. The van der Waals surface area contributed by atoms with Gasteiger partial charge in [0.05, 0.1) is 4.47 Å². The summed E-state index contributed by atoms with van der Waals surface area (Å²) in [4.78, 5) is 2.30. The van der Waals surface area contributed by atoms with Gasteiger partial charge in [0.1, 0.15) is 5.82 Å². The van der Waals surface area contributed by atoms with E-state index in [4.69, 9.17) is 0 Å². The smallest absolute Gasteiger partial charge is 0.139 e. The molecule has 1 aromatic carbocycles. The van der Waals surface area contributed by atoms with Gasteiger partial charge in [-0.25, -0.2) is 4.39 Å². The quantitative estimate of drug-likeness (QED) is 0.906. The summed E-state index contributed by atoms with van der Waals surface area (Å²) < 4.78 is 14.3. The number of piperidine rings is 1. The van der Waals surface area contributed by atoms with Gasteiger partial charge in [-0.15, -0.1) is 0 Å². The van der Waals surface area contributed by atoms with Crippen LogP contribution in [0.3, 0.4) is 0 Å². The molecule has 1 unspecified atom stereocenters. The van der Waals surface area contributed by atoms with Gasteiger partial charge in [0.25, 0.3) is 0 Å². The fourth-order valence-electron chi connectivity index (χ4n) is 2.78. The fourth-order valence-corrected chi connectivity index (χ4v) is 3.24. The number of hydrogen-bond acceptors (Lipinski definition) is 2. The van der Waals surface area contributed by atoms with E-state index < -0.39 is 0 Å². The summed E-state index contributed by atoms with van der Waals surface area (Å²) in [6.07, 6.45) is 2.36. The number of hydrogen-bond donors (Lipinski definition) is 1. The summed E-state index contributed by atoms with van der Waals surface area (Å²) in [5.41, 5.74) is 2.15. The molecule has 0 aromatic heterocycles. The Kier molecular flexibility index (Phi) is 4.85. The maximum Gasteiger partial charge on any atom is 0.139 e. The van der Waals surface area contributed by atoms with Crippen molar-refractivity contribution >= 4 is 21.6 Å². The highest BCUT2D eigenvalue weighted by atomic mass is 79.9. The predicted octanol–water partition coefficient (Wildman–Crippen LogP) is 3.86. The van der Waals surface area contributed by atoms with E-state index in [2.05, 4.69) is 40.0 Å². The first-order chi connectivity index (χ1) is 8.97. The molecular formula is C15H22BrFN2. The van der Waals surface area contributed by atoms with Crippen molar-refractivity contribution < 1.29 is 4.39 Å². The topological polar surface area (TPSA) is 15.3 Å². The molecule has 1 heterocycles. The Morgan fingerprint density at radius 1 is 1.42 bits per heavy atom. The lowest BCUT2D eigenvalue weighted by Gasteiger charge is -2.36. The third-order valence-electron chi connectivity index (χ3n) is 3.57. The molecule has 1 fully saturated rings. The summed E-state index contributed by atoms with van der Waals surface area (Å²) >= 11 is 3.24. The molecule has 4 heteroatoms. The van der Waals surface area contributed by atoms with E-state index in [9.17, 15) is 4.39 Å². The summed E-state index contributed by atoms with van der Waals surface area (Å²) in [6, 6.07) is 4.51. The highest BCUT2D eigenvalue weighted by Crippen LogP contribution is 2.29. The van der Waals surface area contributed by atoms with Crippen LogP contribution in [-0.2, 0) is 0 Å². The van der Waals surface area contributed by atoms with Crippen molar-refractivity contribution in [3.8, 4) is 0 Å². The zero-order valence-corrected chi connectivity index (χ0v) is 13.4. The minimum Gasteiger partial charge on any atom is -0.370 e. The second kappa shape index (κ2) is 6.23. The van der Waals surface area contributed by atoms with Crippen molar-refractivity contribution in [2.75, 3.05) is 18.0 Å². The molecule has 0 spiro atoms. The lowest BCUT2D eigenvalue weighted by molar-refractivity contribution is 0.394. The van der Waals surface area contributed by atoms with E-state index in [0.29, 0.717) is 16.6 Å². The highest BCUT2D eigenvalue weighted by Gasteiger charge is 2.22. The zero-order valence-electron chi connectivity index (χ0n) is 11.8. The molecule has 0 radical (unpaired) electrons. The van der Waals surface area contributed by atoms with Crippen LogP contribution in [0, 0.1) is 12.7 Å². The van der Waals surface area contributed by atoms with E-state index in [1.165, 1.54) is 6.42 Å². The van der Waals surface area contributed by atoms with Crippen LogP contribution in [0.25, 0.3) is 0 Å². The van der Waals surface area contributed by atoms with Gasteiger partial charge in [-0.1, -0.05) is 13.8 Å². The van der Waals surface area contributed by atoms with Gasteiger partial charge in [-0.05, 0) is 53.4 Å². The van der Waals surface area contributed by atoms with Gasteiger partial charge < -0.3 is 10.2 Å². The SMILES string of the molecule is Cc1cc(Br)c(F)cc1N1CCCC(NC(C)C)C1. The van der Waals surface area contributed by atoms with Crippen molar-refractivity contribution in [1.29, 1.82) is 0 Å². The zero-order chi connectivity index (χ0) is 14.0. The summed E-state index contributed by atoms with van der Waals surface area (Å²) in [5, 5.41) is 3.58. The van der Waals surface area contributed by atoms with Crippen LogP contribution in [0.5, 0.6) is 0 Å². The van der Waals surface area contributed by atoms with Gasteiger partial charge in [0.15, 0.2) is 0 Å². The molecule has 106 valence electrons. The molecule has 1 aliphatic rings. The molecule has 2 nitrogen and oxygen atoms in total. The lowest BCUT2D eigenvalue weighted by Crippen LogP contribution is -2.48. The third-order valence-corrected chi connectivity index (χ3v) is 4.18. The van der Waals surface area contributed by atoms with Crippen LogP contribution in [0.2, 0.25) is 0 Å². The molecular weight excluding hydrogens is 307 g/mol. The third kappa shape index (κ3) is 3.69. The Bertz CT molecular complexity index is 448. The second-order valence-electron chi connectivity index (χ2n) is 5.66. The first-order valence-electron chi connectivity index (χ1n) is 6.94.